The molecule has 0 aromatic rings. The molecule has 2 rings (SSSR count). The molecule has 3 nitrogen and oxygen atoms in total. The predicted octanol–water partition coefficient (Wildman–Crippen LogP) is -0.0530. The van der Waals surface area contributed by atoms with Crippen molar-refractivity contribution in [3.05, 3.63) is 0 Å². The van der Waals surface area contributed by atoms with Gasteiger partial charge in [-0.05, 0) is 12.3 Å². The molecule has 0 saturated carbocycles. The Bertz CT molecular complexity index is 139. The number of aliphatic hydroxyl groups excluding tert-OH is 1. The van der Waals surface area contributed by atoms with Gasteiger partial charge in [-0.25, -0.2) is 0 Å². The molecule has 2 saturated heterocycles. The summed E-state index contributed by atoms with van der Waals surface area (Å²) in [5, 5.41) is 8.81. The maximum Gasteiger partial charge on any atom is 0.0507 e. The van der Waals surface area contributed by atoms with Crippen molar-refractivity contribution in [2.24, 2.45) is 11.8 Å². The zero-order valence-corrected chi connectivity index (χ0v) is 7.41. The average molecular weight is 171 g/mol. The number of hydrogen-bond donors (Lipinski definition) is 1. The van der Waals surface area contributed by atoms with E-state index in [0.29, 0.717) is 12.5 Å². The summed E-state index contributed by atoms with van der Waals surface area (Å²) in [6.45, 7) is 5.61. The molecule has 2 heterocycles. The molecule has 2 aliphatic heterocycles. The van der Waals surface area contributed by atoms with Crippen molar-refractivity contribution in [3.63, 3.8) is 0 Å². The second-order valence-corrected chi connectivity index (χ2v) is 4.00. The van der Waals surface area contributed by atoms with Gasteiger partial charge in [0.05, 0.1) is 6.61 Å². The molecule has 1 atom stereocenters. The highest BCUT2D eigenvalue weighted by molar-refractivity contribution is 4.81. The van der Waals surface area contributed by atoms with Crippen LogP contribution in [-0.2, 0) is 4.74 Å². The normalized spacial score (nSPS) is 32.2. The first-order chi connectivity index (χ1) is 5.88. The van der Waals surface area contributed by atoms with Crippen molar-refractivity contribution >= 4 is 0 Å². The minimum Gasteiger partial charge on any atom is -0.396 e. The van der Waals surface area contributed by atoms with Crippen LogP contribution in [0, 0.1) is 11.8 Å². The first-order valence-electron chi connectivity index (χ1n) is 4.79. The predicted molar refractivity (Wildman–Crippen MR) is 45.9 cm³/mol. The van der Waals surface area contributed by atoms with Gasteiger partial charge >= 0.3 is 0 Å². The lowest BCUT2D eigenvalue weighted by Gasteiger charge is -2.39. The summed E-state index contributed by atoms with van der Waals surface area (Å²) >= 11 is 0. The molecule has 70 valence electrons. The lowest BCUT2D eigenvalue weighted by atomic mass is 9.98. The van der Waals surface area contributed by atoms with Gasteiger partial charge in [0.15, 0.2) is 0 Å². The molecule has 3 heteroatoms. The van der Waals surface area contributed by atoms with Crippen molar-refractivity contribution in [1.82, 2.24) is 4.90 Å². The lowest BCUT2D eigenvalue weighted by Crippen LogP contribution is -2.50. The monoisotopic (exact) mass is 171 g/mol. The van der Waals surface area contributed by atoms with Crippen LogP contribution in [0.5, 0.6) is 0 Å². The Morgan fingerprint density at radius 3 is 2.75 bits per heavy atom. The van der Waals surface area contributed by atoms with Gasteiger partial charge in [-0.2, -0.15) is 0 Å². The van der Waals surface area contributed by atoms with Crippen molar-refractivity contribution < 1.29 is 9.84 Å². The fourth-order valence-electron chi connectivity index (χ4n) is 2.03. The molecule has 0 amide bonds. The van der Waals surface area contributed by atoms with Gasteiger partial charge < -0.3 is 14.7 Å². The fraction of sp³-hybridized carbons (Fsp3) is 1.00. The average Bonchev–Trinajstić information content (AvgIpc) is 2.47. The first kappa shape index (κ1) is 8.48. The van der Waals surface area contributed by atoms with E-state index in [1.165, 1.54) is 13.0 Å². The van der Waals surface area contributed by atoms with Gasteiger partial charge in [0.1, 0.15) is 0 Å². The van der Waals surface area contributed by atoms with Gasteiger partial charge in [-0.3, -0.25) is 0 Å². The Kier molecular flexibility index (Phi) is 2.63. The van der Waals surface area contributed by atoms with Crippen LogP contribution in [0.1, 0.15) is 6.42 Å². The number of likely N-dealkylation sites (tertiary alicyclic amines) is 1. The van der Waals surface area contributed by atoms with Crippen LogP contribution in [0.3, 0.4) is 0 Å². The number of hydrogen-bond acceptors (Lipinski definition) is 3. The molecule has 0 spiro atoms. The van der Waals surface area contributed by atoms with E-state index in [1.54, 1.807) is 0 Å². The molecular formula is C9H17NO2. The van der Waals surface area contributed by atoms with Crippen molar-refractivity contribution in [2.75, 3.05) is 39.5 Å². The van der Waals surface area contributed by atoms with Crippen LogP contribution < -0.4 is 0 Å². The topological polar surface area (TPSA) is 32.7 Å². The Morgan fingerprint density at radius 1 is 1.33 bits per heavy atom. The summed E-state index contributed by atoms with van der Waals surface area (Å²) in [4.78, 5) is 2.42. The Morgan fingerprint density at radius 2 is 2.17 bits per heavy atom. The number of ether oxygens (including phenoxy) is 1. The standard InChI is InChI=1S/C9H17NO2/c11-6-9-4-10(5-9)3-8-1-2-12-7-8/h8-9,11H,1-7H2. The molecule has 2 fully saturated rings. The smallest absolute Gasteiger partial charge is 0.0507 e. The summed E-state index contributed by atoms with van der Waals surface area (Å²) in [5.41, 5.74) is 0. The maximum atomic E-state index is 8.81. The minimum atomic E-state index is 0.359. The van der Waals surface area contributed by atoms with Crippen LogP contribution in [0.25, 0.3) is 0 Å². The van der Waals surface area contributed by atoms with Crippen molar-refractivity contribution in [3.8, 4) is 0 Å². The van der Waals surface area contributed by atoms with Crippen LogP contribution in [-0.4, -0.2) is 49.5 Å². The Hall–Kier alpha value is -0.120. The molecule has 2 aliphatic rings. The second kappa shape index (κ2) is 3.73. The van der Waals surface area contributed by atoms with E-state index in [4.69, 9.17) is 9.84 Å². The largest absolute Gasteiger partial charge is 0.396 e. The van der Waals surface area contributed by atoms with Gasteiger partial charge in [0.25, 0.3) is 0 Å². The highest BCUT2D eigenvalue weighted by Gasteiger charge is 2.28. The summed E-state index contributed by atoms with van der Waals surface area (Å²) in [6.07, 6.45) is 1.22. The third kappa shape index (κ3) is 1.79. The molecule has 1 N–H and O–H groups in total. The molecule has 0 aromatic carbocycles. The van der Waals surface area contributed by atoms with E-state index in [1.807, 2.05) is 0 Å². The zero-order chi connectivity index (χ0) is 8.39. The SMILES string of the molecule is OCC1CN(CC2CCOC2)C1. The van der Waals surface area contributed by atoms with E-state index in [9.17, 15) is 0 Å². The van der Waals surface area contributed by atoms with Crippen molar-refractivity contribution in [1.29, 1.82) is 0 Å². The molecule has 12 heavy (non-hydrogen) atoms. The fourth-order valence-corrected chi connectivity index (χ4v) is 2.03. The zero-order valence-electron chi connectivity index (χ0n) is 7.41. The summed E-state index contributed by atoms with van der Waals surface area (Å²) in [6, 6.07) is 0. The summed E-state index contributed by atoms with van der Waals surface area (Å²) in [5.74, 6) is 1.30. The van der Waals surface area contributed by atoms with Crippen LogP contribution in [0.15, 0.2) is 0 Å². The van der Waals surface area contributed by atoms with Crippen LogP contribution >= 0.6 is 0 Å². The molecule has 0 aliphatic carbocycles. The Labute approximate surface area is 73.3 Å². The molecule has 1 unspecified atom stereocenters. The molecule has 0 aromatic heterocycles. The van der Waals surface area contributed by atoms with Gasteiger partial charge in [0.2, 0.25) is 0 Å². The van der Waals surface area contributed by atoms with Gasteiger partial charge in [0, 0.05) is 38.8 Å². The van der Waals surface area contributed by atoms with Gasteiger partial charge in [-0.15, -0.1) is 0 Å². The first-order valence-corrected chi connectivity index (χ1v) is 4.79. The molecule has 0 radical (unpaired) electrons. The van der Waals surface area contributed by atoms with E-state index in [0.717, 1.165) is 32.2 Å². The van der Waals surface area contributed by atoms with E-state index in [-0.39, 0.29) is 0 Å². The maximum absolute atomic E-state index is 8.81. The lowest BCUT2D eigenvalue weighted by molar-refractivity contribution is 0.0397. The van der Waals surface area contributed by atoms with E-state index in [2.05, 4.69) is 4.90 Å². The number of nitrogens with zero attached hydrogens (tertiary/aromatic N) is 1. The molecule has 0 bridgehead atoms. The van der Waals surface area contributed by atoms with Crippen LogP contribution in [0.2, 0.25) is 0 Å². The van der Waals surface area contributed by atoms with E-state index < -0.39 is 0 Å². The second-order valence-electron chi connectivity index (χ2n) is 4.00. The van der Waals surface area contributed by atoms with Crippen LogP contribution in [0.4, 0.5) is 0 Å². The third-order valence-corrected chi connectivity index (χ3v) is 2.83. The third-order valence-electron chi connectivity index (χ3n) is 2.83. The summed E-state index contributed by atoms with van der Waals surface area (Å²) < 4.78 is 5.30. The molecular weight excluding hydrogens is 154 g/mol. The minimum absolute atomic E-state index is 0.359. The highest BCUT2D eigenvalue weighted by atomic mass is 16.5. The quantitative estimate of drug-likeness (QED) is 0.646. The van der Waals surface area contributed by atoms with Crippen molar-refractivity contribution in [2.45, 2.75) is 6.42 Å². The van der Waals surface area contributed by atoms with E-state index >= 15 is 0 Å². The van der Waals surface area contributed by atoms with Gasteiger partial charge in [-0.1, -0.05) is 0 Å². The Balaban J connectivity index is 1.62. The number of aliphatic hydroxyl groups is 1. The summed E-state index contributed by atoms with van der Waals surface area (Å²) in [7, 11) is 0. The number of rotatable bonds is 3. The highest BCUT2D eigenvalue weighted by Crippen LogP contribution is 2.20.